The van der Waals surface area contributed by atoms with Crippen molar-refractivity contribution in [2.45, 2.75) is 25.7 Å². The summed E-state index contributed by atoms with van der Waals surface area (Å²) in [5, 5.41) is 8.73. The monoisotopic (exact) mass is 174 g/mol. The summed E-state index contributed by atoms with van der Waals surface area (Å²) in [6.45, 7) is 1.79. The molecule has 0 spiro atoms. The SMILES string of the molecule is Cc1nc(C2CC2)nc(N)c1C#N. The van der Waals surface area contributed by atoms with Gasteiger partial charge in [-0.3, -0.25) is 0 Å². The lowest BCUT2D eigenvalue weighted by Gasteiger charge is -2.03. The predicted octanol–water partition coefficient (Wildman–Crippen LogP) is 1.12. The van der Waals surface area contributed by atoms with Gasteiger partial charge in [-0.25, -0.2) is 9.97 Å². The lowest BCUT2D eigenvalue weighted by Crippen LogP contribution is -2.04. The van der Waals surface area contributed by atoms with E-state index in [4.69, 9.17) is 11.0 Å². The number of hydrogen-bond donors (Lipinski definition) is 1. The lowest BCUT2D eigenvalue weighted by molar-refractivity contribution is 0.907. The molecule has 2 N–H and O–H groups in total. The minimum absolute atomic E-state index is 0.317. The molecule has 0 amide bonds. The Bertz CT molecular complexity index is 364. The van der Waals surface area contributed by atoms with Crippen molar-refractivity contribution in [3.63, 3.8) is 0 Å². The number of aryl methyl sites for hydroxylation is 1. The minimum atomic E-state index is 0.317. The van der Waals surface area contributed by atoms with Gasteiger partial charge < -0.3 is 5.73 Å². The van der Waals surface area contributed by atoms with Gasteiger partial charge in [-0.15, -0.1) is 0 Å². The first-order valence-corrected chi connectivity index (χ1v) is 4.26. The Labute approximate surface area is 76.4 Å². The number of aromatic nitrogens is 2. The minimum Gasteiger partial charge on any atom is -0.382 e. The van der Waals surface area contributed by atoms with Crippen LogP contribution in [0.15, 0.2) is 0 Å². The number of nitrogens with two attached hydrogens (primary N) is 1. The van der Waals surface area contributed by atoms with Gasteiger partial charge in [0.15, 0.2) is 0 Å². The normalized spacial score (nSPS) is 15.4. The van der Waals surface area contributed by atoms with Crippen LogP contribution in [0.1, 0.15) is 35.8 Å². The fraction of sp³-hybridized carbons (Fsp3) is 0.444. The van der Waals surface area contributed by atoms with Crippen LogP contribution in [-0.2, 0) is 0 Å². The Kier molecular flexibility index (Phi) is 1.66. The van der Waals surface area contributed by atoms with Crippen LogP contribution in [0.2, 0.25) is 0 Å². The lowest BCUT2D eigenvalue weighted by atomic mass is 10.2. The van der Waals surface area contributed by atoms with Crippen LogP contribution in [0, 0.1) is 18.3 Å². The summed E-state index contributed by atoms with van der Waals surface area (Å²) in [4.78, 5) is 8.36. The molecule has 1 aromatic heterocycles. The van der Waals surface area contributed by atoms with E-state index in [2.05, 4.69) is 9.97 Å². The Morgan fingerprint density at radius 2 is 2.15 bits per heavy atom. The average molecular weight is 174 g/mol. The summed E-state index contributed by atoms with van der Waals surface area (Å²) in [6, 6.07) is 2.00. The third kappa shape index (κ3) is 1.33. The number of rotatable bonds is 1. The van der Waals surface area contributed by atoms with Gasteiger partial charge >= 0.3 is 0 Å². The fourth-order valence-corrected chi connectivity index (χ4v) is 1.28. The summed E-state index contributed by atoms with van der Waals surface area (Å²) in [6.07, 6.45) is 2.29. The fourth-order valence-electron chi connectivity index (χ4n) is 1.28. The van der Waals surface area contributed by atoms with Crippen LogP contribution >= 0.6 is 0 Å². The van der Waals surface area contributed by atoms with Crippen LogP contribution in [0.5, 0.6) is 0 Å². The molecule has 1 heterocycles. The van der Waals surface area contributed by atoms with E-state index in [0.29, 0.717) is 23.0 Å². The van der Waals surface area contributed by atoms with E-state index in [9.17, 15) is 0 Å². The molecule has 0 bridgehead atoms. The van der Waals surface area contributed by atoms with Crippen molar-refractivity contribution >= 4 is 5.82 Å². The summed E-state index contributed by atoms with van der Waals surface area (Å²) in [5.74, 6) is 1.60. The van der Waals surface area contributed by atoms with Crippen molar-refractivity contribution in [3.05, 3.63) is 17.1 Å². The third-order valence-corrected chi connectivity index (χ3v) is 2.19. The van der Waals surface area contributed by atoms with Gasteiger partial charge in [0, 0.05) is 5.92 Å². The van der Waals surface area contributed by atoms with E-state index >= 15 is 0 Å². The summed E-state index contributed by atoms with van der Waals surface area (Å²) >= 11 is 0. The molecule has 1 fully saturated rings. The molecule has 0 aliphatic heterocycles. The summed E-state index contributed by atoms with van der Waals surface area (Å²) in [5.41, 5.74) is 6.72. The first-order valence-electron chi connectivity index (χ1n) is 4.26. The van der Waals surface area contributed by atoms with Gasteiger partial charge in [0.25, 0.3) is 0 Å². The van der Waals surface area contributed by atoms with E-state index in [1.54, 1.807) is 6.92 Å². The van der Waals surface area contributed by atoms with Gasteiger partial charge in [0.05, 0.1) is 5.69 Å². The Morgan fingerprint density at radius 3 is 2.62 bits per heavy atom. The molecule has 0 saturated heterocycles. The molecule has 0 aromatic carbocycles. The molecule has 4 heteroatoms. The molecule has 66 valence electrons. The second-order valence-electron chi connectivity index (χ2n) is 3.31. The zero-order chi connectivity index (χ0) is 9.42. The Morgan fingerprint density at radius 1 is 1.46 bits per heavy atom. The number of nitrogen functional groups attached to an aromatic ring is 1. The van der Waals surface area contributed by atoms with E-state index in [0.717, 1.165) is 18.7 Å². The smallest absolute Gasteiger partial charge is 0.145 e. The van der Waals surface area contributed by atoms with Crippen molar-refractivity contribution in [1.82, 2.24) is 9.97 Å². The number of anilines is 1. The van der Waals surface area contributed by atoms with Crippen LogP contribution in [0.25, 0.3) is 0 Å². The summed E-state index contributed by atoms with van der Waals surface area (Å²) in [7, 11) is 0. The van der Waals surface area contributed by atoms with Gasteiger partial charge in [0.2, 0.25) is 0 Å². The molecule has 0 atom stereocenters. The Balaban J connectivity index is 2.50. The van der Waals surface area contributed by atoms with Crippen LogP contribution in [-0.4, -0.2) is 9.97 Å². The highest BCUT2D eigenvalue weighted by molar-refractivity contribution is 5.50. The van der Waals surface area contributed by atoms with Crippen LogP contribution in [0.4, 0.5) is 5.82 Å². The molecular formula is C9H10N4. The van der Waals surface area contributed by atoms with E-state index in [1.807, 2.05) is 6.07 Å². The molecule has 0 radical (unpaired) electrons. The highest BCUT2D eigenvalue weighted by atomic mass is 15.0. The highest BCUT2D eigenvalue weighted by Gasteiger charge is 2.27. The van der Waals surface area contributed by atoms with E-state index in [-0.39, 0.29) is 0 Å². The van der Waals surface area contributed by atoms with Gasteiger partial charge in [-0.1, -0.05) is 0 Å². The van der Waals surface area contributed by atoms with Crippen molar-refractivity contribution in [2.75, 3.05) is 5.73 Å². The second kappa shape index (κ2) is 2.70. The molecule has 2 rings (SSSR count). The quantitative estimate of drug-likeness (QED) is 0.692. The number of hydrogen-bond acceptors (Lipinski definition) is 4. The van der Waals surface area contributed by atoms with Crippen LogP contribution in [0.3, 0.4) is 0 Å². The third-order valence-electron chi connectivity index (χ3n) is 2.19. The van der Waals surface area contributed by atoms with Gasteiger partial charge in [0.1, 0.15) is 23.3 Å². The molecule has 0 unspecified atom stereocenters. The van der Waals surface area contributed by atoms with E-state index in [1.165, 1.54) is 0 Å². The van der Waals surface area contributed by atoms with Crippen molar-refractivity contribution in [3.8, 4) is 6.07 Å². The van der Waals surface area contributed by atoms with Crippen molar-refractivity contribution in [2.24, 2.45) is 0 Å². The van der Waals surface area contributed by atoms with Gasteiger partial charge in [-0.05, 0) is 19.8 Å². The topological polar surface area (TPSA) is 75.6 Å². The molecule has 4 nitrogen and oxygen atoms in total. The zero-order valence-electron chi connectivity index (χ0n) is 7.41. The summed E-state index contributed by atoms with van der Waals surface area (Å²) < 4.78 is 0. The molecule has 1 aromatic rings. The molecule has 13 heavy (non-hydrogen) atoms. The first kappa shape index (κ1) is 7.99. The molecular weight excluding hydrogens is 164 g/mol. The zero-order valence-corrected chi connectivity index (χ0v) is 7.41. The highest BCUT2D eigenvalue weighted by Crippen LogP contribution is 2.38. The maximum atomic E-state index is 8.73. The number of nitriles is 1. The first-order chi connectivity index (χ1) is 6.22. The van der Waals surface area contributed by atoms with Crippen molar-refractivity contribution in [1.29, 1.82) is 5.26 Å². The van der Waals surface area contributed by atoms with Crippen LogP contribution < -0.4 is 5.73 Å². The van der Waals surface area contributed by atoms with Crippen molar-refractivity contribution < 1.29 is 0 Å². The van der Waals surface area contributed by atoms with E-state index < -0.39 is 0 Å². The second-order valence-corrected chi connectivity index (χ2v) is 3.31. The number of nitrogens with zero attached hydrogens (tertiary/aromatic N) is 3. The average Bonchev–Trinajstić information content (AvgIpc) is 2.85. The molecule has 1 aliphatic rings. The standard InChI is InChI=1S/C9H10N4/c1-5-7(4-10)8(11)13-9(12-5)6-2-3-6/h6H,2-3H2,1H3,(H2,11,12,13). The largest absolute Gasteiger partial charge is 0.382 e. The maximum Gasteiger partial charge on any atom is 0.145 e. The van der Waals surface area contributed by atoms with Gasteiger partial charge in [-0.2, -0.15) is 5.26 Å². The Hall–Kier alpha value is -1.63. The maximum absolute atomic E-state index is 8.73. The predicted molar refractivity (Wildman–Crippen MR) is 47.9 cm³/mol. The molecule has 1 saturated carbocycles. The molecule has 1 aliphatic carbocycles.